The molecule has 0 aliphatic carbocycles. The van der Waals surface area contributed by atoms with E-state index < -0.39 is 0 Å². The van der Waals surface area contributed by atoms with Gasteiger partial charge in [0.15, 0.2) is 0 Å². The lowest BCUT2D eigenvalue weighted by atomic mass is 9.86. The molecule has 0 saturated carbocycles. The topological polar surface area (TPSA) is 49.4 Å². The second-order valence-electron chi connectivity index (χ2n) is 8.31. The molecule has 2 atom stereocenters. The number of aryl methyl sites for hydroxylation is 1. The number of likely N-dealkylation sites (tertiary alicyclic amines) is 1. The maximum atomic E-state index is 13.1. The monoisotopic (exact) mass is 396 g/mol. The van der Waals surface area contributed by atoms with E-state index in [0.29, 0.717) is 26.1 Å². The highest BCUT2D eigenvalue weighted by molar-refractivity contribution is 5.83. The van der Waals surface area contributed by atoms with Crippen LogP contribution in [0.1, 0.15) is 42.9 Å². The second-order valence-corrected chi connectivity index (χ2v) is 8.31. The van der Waals surface area contributed by atoms with Gasteiger partial charge in [-0.2, -0.15) is 0 Å². The maximum absolute atomic E-state index is 13.1. The van der Waals surface area contributed by atoms with Crippen LogP contribution in [0.4, 0.5) is 4.39 Å². The average Bonchev–Trinajstić information content (AvgIpc) is 3.12. The molecule has 4 nitrogen and oxygen atoms in total. The number of amides is 2. The van der Waals surface area contributed by atoms with E-state index in [1.807, 2.05) is 43.9 Å². The van der Waals surface area contributed by atoms with Gasteiger partial charge in [0.2, 0.25) is 11.8 Å². The molecule has 2 aromatic carbocycles. The van der Waals surface area contributed by atoms with Crippen LogP contribution >= 0.6 is 0 Å². The summed E-state index contributed by atoms with van der Waals surface area (Å²) >= 11 is 0. The number of nitrogens with zero attached hydrogens (tertiary/aromatic N) is 1. The van der Waals surface area contributed by atoms with Crippen molar-refractivity contribution in [3.8, 4) is 0 Å². The Morgan fingerprint density at radius 1 is 1.10 bits per heavy atom. The van der Waals surface area contributed by atoms with Gasteiger partial charge in [0, 0.05) is 32.0 Å². The Hall–Kier alpha value is -2.69. The third-order valence-corrected chi connectivity index (χ3v) is 5.56. The predicted octanol–water partition coefficient (Wildman–Crippen LogP) is 4.04. The minimum Gasteiger partial charge on any atom is -0.352 e. The van der Waals surface area contributed by atoms with E-state index in [9.17, 15) is 14.0 Å². The van der Waals surface area contributed by atoms with Crippen molar-refractivity contribution in [3.05, 3.63) is 71.0 Å². The molecule has 0 aromatic heterocycles. The van der Waals surface area contributed by atoms with Crippen LogP contribution in [-0.4, -0.2) is 29.8 Å². The number of hydrogen-bond acceptors (Lipinski definition) is 2. The summed E-state index contributed by atoms with van der Waals surface area (Å²) in [5.41, 5.74) is 3.10. The molecule has 3 rings (SSSR count). The van der Waals surface area contributed by atoms with Crippen molar-refractivity contribution in [1.29, 1.82) is 0 Å². The summed E-state index contributed by atoms with van der Waals surface area (Å²) in [6, 6.07) is 14.2. The van der Waals surface area contributed by atoms with Gasteiger partial charge < -0.3 is 10.2 Å². The Labute approximate surface area is 172 Å². The molecular formula is C24H29FN2O2. The fourth-order valence-corrected chi connectivity index (χ4v) is 3.99. The van der Waals surface area contributed by atoms with E-state index in [-0.39, 0.29) is 35.4 Å². The van der Waals surface area contributed by atoms with Crippen LogP contribution < -0.4 is 5.32 Å². The van der Waals surface area contributed by atoms with E-state index in [4.69, 9.17) is 0 Å². The molecule has 1 saturated heterocycles. The van der Waals surface area contributed by atoms with Gasteiger partial charge in [0.25, 0.3) is 0 Å². The van der Waals surface area contributed by atoms with Crippen molar-refractivity contribution in [1.82, 2.24) is 10.2 Å². The van der Waals surface area contributed by atoms with E-state index in [1.54, 1.807) is 12.1 Å². The smallest absolute Gasteiger partial charge is 0.225 e. The number of nitrogens with one attached hydrogen (secondary N) is 1. The van der Waals surface area contributed by atoms with Gasteiger partial charge in [-0.25, -0.2) is 4.39 Å². The third kappa shape index (κ3) is 5.22. The lowest BCUT2D eigenvalue weighted by Crippen LogP contribution is -2.35. The second kappa shape index (κ2) is 9.21. The minimum absolute atomic E-state index is 0.0273. The molecule has 0 spiro atoms. The summed E-state index contributed by atoms with van der Waals surface area (Å²) in [5, 5.41) is 2.98. The molecule has 1 heterocycles. The van der Waals surface area contributed by atoms with E-state index in [0.717, 1.165) is 16.7 Å². The van der Waals surface area contributed by atoms with E-state index in [2.05, 4.69) is 11.4 Å². The van der Waals surface area contributed by atoms with Crippen molar-refractivity contribution in [2.75, 3.05) is 13.1 Å². The quantitative estimate of drug-likeness (QED) is 0.801. The summed E-state index contributed by atoms with van der Waals surface area (Å²) in [5.74, 6) is -0.302. The van der Waals surface area contributed by atoms with Crippen LogP contribution in [0, 0.1) is 24.6 Å². The van der Waals surface area contributed by atoms with Crippen LogP contribution in [0.25, 0.3) is 0 Å². The zero-order chi connectivity index (χ0) is 21.0. The molecule has 1 aliphatic rings. The van der Waals surface area contributed by atoms with Gasteiger partial charge in [-0.15, -0.1) is 0 Å². The van der Waals surface area contributed by atoms with E-state index in [1.165, 1.54) is 12.1 Å². The number of benzene rings is 2. The van der Waals surface area contributed by atoms with Crippen molar-refractivity contribution in [3.63, 3.8) is 0 Å². The first kappa shape index (κ1) is 21.0. The van der Waals surface area contributed by atoms with Gasteiger partial charge >= 0.3 is 0 Å². The lowest BCUT2D eigenvalue weighted by molar-refractivity contribution is -0.131. The SMILES string of the molecule is Cc1ccccc1[C@@H]1CN(C(=O)CC(C)C)C[C@H]1C(=O)NCc1ccc(F)cc1. The zero-order valence-corrected chi connectivity index (χ0v) is 17.3. The number of hydrogen-bond donors (Lipinski definition) is 1. The molecule has 0 bridgehead atoms. The molecule has 0 unspecified atom stereocenters. The molecule has 1 fully saturated rings. The fourth-order valence-electron chi connectivity index (χ4n) is 3.99. The van der Waals surface area contributed by atoms with Crippen molar-refractivity contribution in [2.45, 2.75) is 39.7 Å². The van der Waals surface area contributed by atoms with Gasteiger partial charge in [-0.3, -0.25) is 9.59 Å². The molecule has 2 aromatic rings. The first-order valence-electron chi connectivity index (χ1n) is 10.2. The van der Waals surface area contributed by atoms with Crippen LogP contribution in [0.15, 0.2) is 48.5 Å². The summed E-state index contributed by atoms with van der Waals surface area (Å²) in [7, 11) is 0. The average molecular weight is 397 g/mol. The minimum atomic E-state index is -0.298. The fraction of sp³-hybridized carbons (Fsp3) is 0.417. The predicted molar refractivity (Wildman–Crippen MR) is 112 cm³/mol. The molecule has 5 heteroatoms. The molecule has 2 amide bonds. The number of rotatable bonds is 6. The summed E-state index contributed by atoms with van der Waals surface area (Å²) in [6.07, 6.45) is 0.490. The van der Waals surface area contributed by atoms with Gasteiger partial charge in [0.1, 0.15) is 5.82 Å². The normalized spacial score (nSPS) is 18.9. The number of carbonyl (C=O) groups excluding carboxylic acids is 2. The molecule has 154 valence electrons. The Morgan fingerprint density at radius 3 is 2.45 bits per heavy atom. The first-order valence-corrected chi connectivity index (χ1v) is 10.2. The van der Waals surface area contributed by atoms with Crippen molar-refractivity contribution in [2.24, 2.45) is 11.8 Å². The molecular weight excluding hydrogens is 367 g/mol. The number of carbonyl (C=O) groups is 2. The summed E-state index contributed by atoms with van der Waals surface area (Å²) in [6.45, 7) is 7.43. The van der Waals surface area contributed by atoms with Crippen LogP contribution in [0.3, 0.4) is 0 Å². The highest BCUT2D eigenvalue weighted by Gasteiger charge is 2.40. The largest absolute Gasteiger partial charge is 0.352 e. The Morgan fingerprint density at radius 2 is 1.79 bits per heavy atom. The molecule has 1 N–H and O–H groups in total. The van der Waals surface area contributed by atoms with Crippen molar-refractivity contribution < 1.29 is 14.0 Å². The van der Waals surface area contributed by atoms with Crippen LogP contribution in [-0.2, 0) is 16.1 Å². The van der Waals surface area contributed by atoms with Crippen molar-refractivity contribution >= 4 is 11.8 Å². The first-order chi connectivity index (χ1) is 13.8. The summed E-state index contributed by atoms with van der Waals surface area (Å²) < 4.78 is 13.1. The highest BCUT2D eigenvalue weighted by atomic mass is 19.1. The number of halogens is 1. The Kier molecular flexibility index (Phi) is 6.68. The van der Waals surface area contributed by atoms with Gasteiger partial charge in [0.05, 0.1) is 5.92 Å². The lowest BCUT2D eigenvalue weighted by Gasteiger charge is -2.20. The van der Waals surface area contributed by atoms with Crippen LogP contribution in [0.2, 0.25) is 0 Å². The highest BCUT2D eigenvalue weighted by Crippen LogP contribution is 2.35. The third-order valence-electron chi connectivity index (χ3n) is 5.56. The maximum Gasteiger partial charge on any atom is 0.225 e. The summed E-state index contributed by atoms with van der Waals surface area (Å²) in [4.78, 5) is 27.5. The molecule has 29 heavy (non-hydrogen) atoms. The van der Waals surface area contributed by atoms with E-state index >= 15 is 0 Å². The van der Waals surface area contributed by atoms with Gasteiger partial charge in [-0.05, 0) is 41.7 Å². The Balaban J connectivity index is 1.76. The molecule has 0 radical (unpaired) electrons. The zero-order valence-electron chi connectivity index (χ0n) is 17.3. The molecule has 1 aliphatic heterocycles. The standard InChI is InChI=1S/C24H29FN2O2/c1-16(2)12-23(28)27-14-21(20-7-5-4-6-17(20)3)22(15-27)24(29)26-13-18-8-10-19(25)11-9-18/h4-11,16,21-22H,12-15H2,1-3H3,(H,26,29)/t21-,22+/m0/s1. The Bertz CT molecular complexity index is 863. The van der Waals surface area contributed by atoms with Crippen LogP contribution in [0.5, 0.6) is 0 Å². The van der Waals surface area contributed by atoms with Gasteiger partial charge in [-0.1, -0.05) is 50.2 Å².